The van der Waals surface area contributed by atoms with Crippen molar-refractivity contribution in [2.24, 2.45) is 0 Å². The van der Waals surface area contributed by atoms with Crippen LogP contribution in [0.3, 0.4) is 0 Å². The number of likely N-dealkylation sites (tertiary alicyclic amines) is 1. The molecule has 3 heteroatoms. The summed E-state index contributed by atoms with van der Waals surface area (Å²) in [5.41, 5.74) is 3.23. The monoisotopic (exact) mass is 284 g/mol. The molecule has 0 unspecified atom stereocenters. The van der Waals surface area contributed by atoms with Crippen LogP contribution in [-0.4, -0.2) is 29.9 Å². The first-order valence-corrected chi connectivity index (χ1v) is 7.63. The van der Waals surface area contributed by atoms with Crippen molar-refractivity contribution in [2.45, 2.75) is 46.1 Å². The van der Waals surface area contributed by atoms with Gasteiger partial charge in [0.1, 0.15) is 0 Å². The van der Waals surface area contributed by atoms with Crippen LogP contribution in [-0.2, 0) is 4.79 Å². The summed E-state index contributed by atoms with van der Waals surface area (Å²) in [6, 6.07) is 6.09. The van der Waals surface area contributed by atoms with E-state index in [0.29, 0.717) is 6.54 Å². The highest BCUT2D eigenvalue weighted by atomic mass is 16.2. The van der Waals surface area contributed by atoms with Gasteiger partial charge in [-0.15, -0.1) is 5.92 Å². The fourth-order valence-corrected chi connectivity index (χ4v) is 2.93. The largest absolute Gasteiger partial charge is 0.325 e. The maximum absolute atomic E-state index is 12.6. The van der Waals surface area contributed by atoms with Crippen molar-refractivity contribution < 1.29 is 4.79 Å². The highest BCUT2D eigenvalue weighted by molar-refractivity contribution is 5.95. The van der Waals surface area contributed by atoms with Crippen LogP contribution in [0.15, 0.2) is 18.2 Å². The van der Waals surface area contributed by atoms with E-state index in [1.807, 2.05) is 32.9 Å². The standard InChI is InChI=1S/C18H24N2O/c1-4-5-9-20-10-7-6-8-17(20)18(21)19-16-12-14(2)11-15(3)13-16/h11-13,17H,6-10H2,1-3H3,(H,19,21)/t17-/m0/s1. The van der Waals surface area contributed by atoms with Crippen LogP contribution in [0.4, 0.5) is 5.69 Å². The predicted octanol–water partition coefficient (Wildman–Crippen LogP) is 3.12. The second-order valence-corrected chi connectivity index (χ2v) is 5.77. The average Bonchev–Trinajstić information content (AvgIpc) is 2.44. The van der Waals surface area contributed by atoms with Crippen LogP contribution in [0.5, 0.6) is 0 Å². The molecule has 21 heavy (non-hydrogen) atoms. The first-order valence-electron chi connectivity index (χ1n) is 7.63. The van der Waals surface area contributed by atoms with E-state index in [2.05, 4.69) is 28.1 Å². The molecule has 1 aliphatic rings. The Bertz CT molecular complexity index is 548. The van der Waals surface area contributed by atoms with E-state index in [-0.39, 0.29) is 11.9 Å². The van der Waals surface area contributed by atoms with Crippen molar-refractivity contribution in [1.82, 2.24) is 4.90 Å². The van der Waals surface area contributed by atoms with Gasteiger partial charge < -0.3 is 5.32 Å². The molecule has 1 atom stereocenters. The third kappa shape index (κ3) is 4.34. The maximum atomic E-state index is 12.6. The number of carbonyl (C=O) groups excluding carboxylic acids is 1. The van der Waals surface area contributed by atoms with E-state index in [4.69, 9.17) is 0 Å². The Morgan fingerprint density at radius 3 is 2.67 bits per heavy atom. The van der Waals surface area contributed by atoms with E-state index >= 15 is 0 Å². The van der Waals surface area contributed by atoms with Crippen LogP contribution in [0.2, 0.25) is 0 Å². The molecule has 0 spiro atoms. The first kappa shape index (κ1) is 15.6. The zero-order chi connectivity index (χ0) is 15.2. The molecule has 1 aromatic carbocycles. The van der Waals surface area contributed by atoms with Crippen LogP contribution in [0.25, 0.3) is 0 Å². The molecule has 1 saturated heterocycles. The van der Waals surface area contributed by atoms with Crippen molar-refractivity contribution >= 4 is 11.6 Å². The van der Waals surface area contributed by atoms with Gasteiger partial charge in [0.05, 0.1) is 12.6 Å². The lowest BCUT2D eigenvalue weighted by Gasteiger charge is -2.33. The van der Waals surface area contributed by atoms with Crippen molar-refractivity contribution in [3.63, 3.8) is 0 Å². The molecule has 0 aromatic heterocycles. The highest BCUT2D eigenvalue weighted by Crippen LogP contribution is 2.20. The Hall–Kier alpha value is -1.79. The molecule has 0 bridgehead atoms. The second-order valence-electron chi connectivity index (χ2n) is 5.77. The fourth-order valence-electron chi connectivity index (χ4n) is 2.93. The molecular formula is C18H24N2O. The summed E-state index contributed by atoms with van der Waals surface area (Å²) >= 11 is 0. The van der Waals surface area contributed by atoms with Gasteiger partial charge in [0.25, 0.3) is 0 Å². The molecule has 0 aliphatic carbocycles. The van der Waals surface area contributed by atoms with Gasteiger partial charge >= 0.3 is 0 Å². The Labute approximate surface area is 127 Å². The third-order valence-corrected chi connectivity index (χ3v) is 3.86. The van der Waals surface area contributed by atoms with E-state index < -0.39 is 0 Å². The summed E-state index contributed by atoms with van der Waals surface area (Å²) in [7, 11) is 0. The Morgan fingerprint density at radius 1 is 1.29 bits per heavy atom. The lowest BCUT2D eigenvalue weighted by Crippen LogP contribution is -2.47. The number of rotatable bonds is 3. The van der Waals surface area contributed by atoms with E-state index in [1.165, 1.54) is 11.1 Å². The fraction of sp³-hybridized carbons (Fsp3) is 0.500. The summed E-state index contributed by atoms with van der Waals surface area (Å²) in [5, 5.41) is 3.07. The topological polar surface area (TPSA) is 32.3 Å². The van der Waals surface area contributed by atoms with Gasteiger partial charge in [-0.3, -0.25) is 9.69 Å². The van der Waals surface area contributed by atoms with Gasteiger partial charge in [0.15, 0.2) is 0 Å². The van der Waals surface area contributed by atoms with Crippen LogP contribution >= 0.6 is 0 Å². The van der Waals surface area contributed by atoms with Crippen molar-refractivity contribution in [3.8, 4) is 11.8 Å². The number of nitrogens with one attached hydrogen (secondary N) is 1. The number of benzene rings is 1. The smallest absolute Gasteiger partial charge is 0.241 e. The Kier molecular flexibility index (Phi) is 5.41. The molecule has 1 N–H and O–H groups in total. The number of amides is 1. The van der Waals surface area contributed by atoms with Crippen LogP contribution < -0.4 is 5.32 Å². The summed E-state index contributed by atoms with van der Waals surface area (Å²) < 4.78 is 0. The van der Waals surface area contributed by atoms with Crippen molar-refractivity contribution in [3.05, 3.63) is 29.3 Å². The molecule has 1 aliphatic heterocycles. The summed E-state index contributed by atoms with van der Waals surface area (Å²) in [6.07, 6.45) is 3.18. The lowest BCUT2D eigenvalue weighted by atomic mass is 10.0. The number of hydrogen-bond acceptors (Lipinski definition) is 2. The molecule has 0 saturated carbocycles. The molecule has 2 rings (SSSR count). The van der Waals surface area contributed by atoms with Crippen molar-refractivity contribution in [1.29, 1.82) is 0 Å². The molecule has 0 radical (unpaired) electrons. The maximum Gasteiger partial charge on any atom is 0.241 e. The van der Waals surface area contributed by atoms with Crippen LogP contribution in [0, 0.1) is 25.7 Å². The molecule has 1 amide bonds. The van der Waals surface area contributed by atoms with Crippen LogP contribution in [0.1, 0.15) is 37.3 Å². The summed E-state index contributed by atoms with van der Waals surface area (Å²) in [6.45, 7) is 7.58. The minimum atomic E-state index is -0.0552. The predicted molar refractivity (Wildman–Crippen MR) is 87.2 cm³/mol. The number of piperidine rings is 1. The number of hydrogen-bond donors (Lipinski definition) is 1. The van der Waals surface area contributed by atoms with Gasteiger partial charge in [0, 0.05) is 5.69 Å². The lowest BCUT2D eigenvalue weighted by molar-refractivity contribution is -0.122. The Balaban J connectivity index is 2.07. The number of nitrogens with zero attached hydrogens (tertiary/aromatic N) is 1. The molecule has 3 nitrogen and oxygen atoms in total. The zero-order valence-electron chi connectivity index (χ0n) is 13.2. The van der Waals surface area contributed by atoms with Gasteiger partial charge in [-0.2, -0.15) is 0 Å². The minimum absolute atomic E-state index is 0.0552. The molecule has 1 heterocycles. The highest BCUT2D eigenvalue weighted by Gasteiger charge is 2.28. The molecular weight excluding hydrogens is 260 g/mol. The minimum Gasteiger partial charge on any atom is -0.325 e. The van der Waals surface area contributed by atoms with Gasteiger partial charge in [-0.05, 0) is 63.4 Å². The number of carbonyl (C=O) groups is 1. The van der Waals surface area contributed by atoms with Gasteiger partial charge in [-0.1, -0.05) is 18.4 Å². The number of anilines is 1. The van der Waals surface area contributed by atoms with E-state index in [9.17, 15) is 4.79 Å². The number of aryl methyl sites for hydroxylation is 2. The van der Waals surface area contributed by atoms with Gasteiger partial charge in [0.2, 0.25) is 5.91 Å². The third-order valence-electron chi connectivity index (χ3n) is 3.86. The summed E-state index contributed by atoms with van der Waals surface area (Å²) in [4.78, 5) is 14.8. The SMILES string of the molecule is CC#CCN1CCCC[C@H]1C(=O)Nc1cc(C)cc(C)c1. The van der Waals surface area contributed by atoms with Gasteiger partial charge in [-0.25, -0.2) is 0 Å². The quantitative estimate of drug-likeness (QED) is 0.865. The van der Waals surface area contributed by atoms with E-state index in [1.54, 1.807) is 0 Å². The van der Waals surface area contributed by atoms with Crippen molar-refractivity contribution in [2.75, 3.05) is 18.4 Å². The average molecular weight is 284 g/mol. The van der Waals surface area contributed by atoms with E-state index in [0.717, 1.165) is 31.5 Å². The molecule has 1 fully saturated rings. The second kappa shape index (κ2) is 7.28. The normalized spacial score (nSPS) is 18.7. The molecule has 112 valence electrons. The first-order chi connectivity index (χ1) is 10.1. The summed E-state index contributed by atoms with van der Waals surface area (Å²) in [5.74, 6) is 6.09. The molecule has 1 aromatic rings. The zero-order valence-corrected chi connectivity index (χ0v) is 13.2. The Morgan fingerprint density at radius 2 is 2.00 bits per heavy atom.